The van der Waals surface area contributed by atoms with Crippen molar-refractivity contribution in [1.82, 2.24) is 15.2 Å². The zero-order valence-electron chi connectivity index (χ0n) is 14.3. The Hall–Kier alpha value is -1.82. The van der Waals surface area contributed by atoms with Crippen LogP contribution in [0.4, 0.5) is 0 Å². The number of carbonyl (C=O) groups is 1. The van der Waals surface area contributed by atoms with Gasteiger partial charge in [-0.05, 0) is 36.1 Å². The van der Waals surface area contributed by atoms with Crippen LogP contribution in [0, 0.1) is 5.92 Å². The summed E-state index contributed by atoms with van der Waals surface area (Å²) < 4.78 is 5.48. The van der Waals surface area contributed by atoms with Crippen LogP contribution in [-0.2, 0) is 12.8 Å². The molecule has 6 heteroatoms. The molecule has 0 atom stereocenters. The van der Waals surface area contributed by atoms with Crippen LogP contribution < -0.4 is 4.74 Å². The molecule has 0 spiro atoms. The Morgan fingerprint density at radius 3 is 3.08 bits per heavy atom. The number of aromatic nitrogens is 3. The number of ketones is 1. The van der Waals surface area contributed by atoms with Crippen LogP contribution in [0.3, 0.4) is 0 Å². The fourth-order valence-electron chi connectivity index (χ4n) is 3.67. The number of hydrogen-bond acceptors (Lipinski definition) is 5. The third-order valence-electron chi connectivity index (χ3n) is 5.12. The molecule has 0 bridgehead atoms. The van der Waals surface area contributed by atoms with E-state index in [1.54, 1.807) is 0 Å². The van der Waals surface area contributed by atoms with E-state index in [2.05, 4.69) is 15.2 Å². The van der Waals surface area contributed by atoms with Crippen molar-refractivity contribution in [1.29, 1.82) is 0 Å². The summed E-state index contributed by atoms with van der Waals surface area (Å²) in [6.45, 7) is 0.711. The highest BCUT2D eigenvalue weighted by atomic mass is 32.2. The predicted molar refractivity (Wildman–Crippen MR) is 97.4 cm³/mol. The third-order valence-corrected chi connectivity index (χ3v) is 5.97. The maximum Gasteiger partial charge on any atom is 0.208 e. The van der Waals surface area contributed by atoms with Crippen molar-refractivity contribution in [3.05, 3.63) is 35.2 Å². The number of ether oxygens (including phenoxy) is 1. The zero-order valence-corrected chi connectivity index (χ0v) is 15.1. The molecule has 1 aliphatic carbocycles. The molecule has 2 aromatic rings. The number of carbonyl (C=O) groups excluding carboxylic acids is 1. The first kappa shape index (κ1) is 16.6. The van der Waals surface area contributed by atoms with E-state index < -0.39 is 0 Å². The van der Waals surface area contributed by atoms with Crippen LogP contribution in [0.25, 0.3) is 0 Å². The molecule has 0 unspecified atom stereocenters. The Morgan fingerprint density at radius 1 is 1.32 bits per heavy atom. The fourth-order valence-corrected chi connectivity index (χ4v) is 4.38. The molecular formula is C19H23N3O2S. The number of aryl methyl sites for hydroxylation is 1. The molecular weight excluding hydrogens is 334 g/mol. The van der Waals surface area contributed by atoms with Gasteiger partial charge in [-0.2, -0.15) is 0 Å². The molecule has 1 aromatic carbocycles. The van der Waals surface area contributed by atoms with E-state index in [0.717, 1.165) is 41.5 Å². The SMILES string of the molecule is O=C(CSc1n[nH]c(CCC2CCCC2)n1)c1ccc2c(c1)CCO2. The lowest BCUT2D eigenvalue weighted by Gasteiger charge is -2.05. The van der Waals surface area contributed by atoms with Crippen molar-refractivity contribution >= 4 is 17.5 Å². The monoisotopic (exact) mass is 357 g/mol. The Kier molecular flexibility index (Phi) is 5.06. The van der Waals surface area contributed by atoms with Crippen molar-refractivity contribution in [2.24, 2.45) is 5.92 Å². The molecule has 132 valence electrons. The van der Waals surface area contributed by atoms with E-state index in [0.29, 0.717) is 17.5 Å². The highest BCUT2D eigenvalue weighted by molar-refractivity contribution is 7.99. The summed E-state index contributed by atoms with van der Waals surface area (Å²) in [4.78, 5) is 16.9. The number of nitrogens with zero attached hydrogens (tertiary/aromatic N) is 2. The topological polar surface area (TPSA) is 67.9 Å². The van der Waals surface area contributed by atoms with E-state index in [1.807, 2.05) is 18.2 Å². The van der Waals surface area contributed by atoms with Crippen LogP contribution in [0.1, 0.15) is 53.8 Å². The Balaban J connectivity index is 1.28. The minimum Gasteiger partial charge on any atom is -0.493 e. The molecule has 2 heterocycles. The molecule has 1 aliphatic heterocycles. The lowest BCUT2D eigenvalue weighted by atomic mass is 10.0. The highest BCUT2D eigenvalue weighted by Crippen LogP contribution is 2.29. The number of benzene rings is 1. The number of nitrogens with one attached hydrogen (secondary N) is 1. The summed E-state index contributed by atoms with van der Waals surface area (Å²) in [5, 5.41) is 7.92. The van der Waals surface area contributed by atoms with Crippen molar-refractivity contribution in [3.8, 4) is 5.75 Å². The van der Waals surface area contributed by atoms with Crippen LogP contribution in [-0.4, -0.2) is 33.3 Å². The average Bonchev–Trinajstić information content (AvgIpc) is 3.38. The Morgan fingerprint density at radius 2 is 2.20 bits per heavy atom. The highest BCUT2D eigenvalue weighted by Gasteiger charge is 2.17. The molecule has 1 N–H and O–H groups in total. The number of aromatic amines is 1. The first-order valence-electron chi connectivity index (χ1n) is 9.11. The molecule has 2 aliphatic rings. The van der Waals surface area contributed by atoms with Gasteiger partial charge >= 0.3 is 0 Å². The second kappa shape index (κ2) is 7.60. The molecule has 1 fully saturated rings. The van der Waals surface area contributed by atoms with Crippen molar-refractivity contribution in [2.45, 2.75) is 50.1 Å². The maximum absolute atomic E-state index is 12.4. The zero-order chi connectivity index (χ0) is 17.1. The van der Waals surface area contributed by atoms with E-state index in [1.165, 1.54) is 43.9 Å². The van der Waals surface area contributed by atoms with E-state index in [-0.39, 0.29) is 5.78 Å². The van der Waals surface area contributed by atoms with Gasteiger partial charge in [-0.25, -0.2) is 4.98 Å². The number of thioether (sulfide) groups is 1. The van der Waals surface area contributed by atoms with Gasteiger partial charge in [0.2, 0.25) is 5.16 Å². The summed E-state index contributed by atoms with van der Waals surface area (Å²) in [6, 6.07) is 5.70. The molecule has 5 nitrogen and oxygen atoms in total. The minimum absolute atomic E-state index is 0.108. The second-order valence-corrected chi connectivity index (χ2v) is 7.83. The van der Waals surface area contributed by atoms with Gasteiger partial charge in [0.15, 0.2) is 5.78 Å². The molecule has 0 saturated heterocycles. The normalized spacial score (nSPS) is 16.8. The number of fused-ring (bicyclic) bond motifs is 1. The van der Waals surface area contributed by atoms with Gasteiger partial charge in [-0.1, -0.05) is 37.4 Å². The molecule has 4 rings (SSSR count). The Bertz CT molecular complexity index is 753. The summed E-state index contributed by atoms with van der Waals surface area (Å²) in [7, 11) is 0. The van der Waals surface area contributed by atoms with Crippen molar-refractivity contribution < 1.29 is 9.53 Å². The van der Waals surface area contributed by atoms with Crippen LogP contribution >= 0.6 is 11.8 Å². The quantitative estimate of drug-likeness (QED) is 0.602. The lowest BCUT2D eigenvalue weighted by Crippen LogP contribution is -2.03. The van der Waals surface area contributed by atoms with Crippen LogP contribution in [0.15, 0.2) is 23.4 Å². The molecule has 0 amide bonds. The minimum atomic E-state index is 0.108. The molecule has 1 aromatic heterocycles. The van der Waals surface area contributed by atoms with Crippen molar-refractivity contribution in [2.75, 3.05) is 12.4 Å². The van der Waals surface area contributed by atoms with Gasteiger partial charge in [0.1, 0.15) is 11.6 Å². The Labute approximate surface area is 152 Å². The molecule has 0 radical (unpaired) electrons. The third kappa shape index (κ3) is 4.06. The van der Waals surface area contributed by atoms with E-state index >= 15 is 0 Å². The van der Waals surface area contributed by atoms with Crippen LogP contribution in [0.2, 0.25) is 0 Å². The number of H-pyrrole nitrogens is 1. The smallest absolute Gasteiger partial charge is 0.208 e. The standard InChI is InChI=1S/C19H23N3O2S/c23-16(14-6-7-17-15(11-14)9-10-24-17)12-25-19-20-18(21-22-19)8-5-13-3-1-2-4-13/h6-7,11,13H,1-5,8-10,12H2,(H,20,21,22). The van der Waals surface area contributed by atoms with Gasteiger partial charge in [-0.3, -0.25) is 9.89 Å². The number of rotatable bonds is 7. The van der Waals surface area contributed by atoms with Gasteiger partial charge < -0.3 is 4.74 Å². The summed E-state index contributed by atoms with van der Waals surface area (Å²) in [6.07, 6.45) is 8.49. The number of Topliss-reactive ketones (excluding diaryl/α,β-unsaturated/α-hetero) is 1. The second-order valence-electron chi connectivity index (χ2n) is 6.89. The van der Waals surface area contributed by atoms with Crippen LogP contribution in [0.5, 0.6) is 5.75 Å². The summed E-state index contributed by atoms with van der Waals surface area (Å²) in [5.41, 5.74) is 1.87. The largest absolute Gasteiger partial charge is 0.493 e. The van der Waals surface area contributed by atoms with Gasteiger partial charge in [-0.15, -0.1) is 5.10 Å². The van der Waals surface area contributed by atoms with Gasteiger partial charge in [0.25, 0.3) is 0 Å². The summed E-state index contributed by atoms with van der Waals surface area (Å²) in [5.74, 6) is 3.17. The average molecular weight is 357 g/mol. The number of hydrogen-bond donors (Lipinski definition) is 1. The maximum atomic E-state index is 12.4. The fraction of sp³-hybridized carbons (Fsp3) is 0.526. The first-order valence-corrected chi connectivity index (χ1v) is 10.1. The van der Waals surface area contributed by atoms with E-state index in [4.69, 9.17) is 4.74 Å². The summed E-state index contributed by atoms with van der Waals surface area (Å²) >= 11 is 1.40. The van der Waals surface area contributed by atoms with Gasteiger partial charge in [0, 0.05) is 18.4 Å². The first-order chi connectivity index (χ1) is 12.3. The van der Waals surface area contributed by atoms with E-state index in [9.17, 15) is 4.79 Å². The lowest BCUT2D eigenvalue weighted by molar-refractivity contribution is 0.102. The molecule has 25 heavy (non-hydrogen) atoms. The van der Waals surface area contributed by atoms with Gasteiger partial charge in [0.05, 0.1) is 12.4 Å². The molecule has 1 saturated carbocycles. The van der Waals surface area contributed by atoms with Crippen molar-refractivity contribution in [3.63, 3.8) is 0 Å². The predicted octanol–water partition coefficient (Wildman–Crippen LogP) is 3.84.